The number of hydrogen-bond acceptors (Lipinski definition) is 4. The number of hydrogen-bond donors (Lipinski definition) is 0. The largest absolute Gasteiger partial charge is 0.443 e. The molecule has 2 rings (SSSR count). The van der Waals surface area contributed by atoms with Gasteiger partial charge in [-0.2, -0.15) is 0 Å². The van der Waals surface area contributed by atoms with Gasteiger partial charge in [-0.3, -0.25) is 9.80 Å². The smallest absolute Gasteiger partial charge is 0.416 e. The molecule has 1 aromatic heterocycles. The molecular formula is C19H31N3O2. The van der Waals surface area contributed by atoms with E-state index >= 15 is 0 Å². The van der Waals surface area contributed by atoms with Crippen molar-refractivity contribution in [3.8, 4) is 0 Å². The standard InChI is InChI=1S/C19H31N3O2/c1-7-21-13-9-11-16(21)15-10-8-12-20-17(15)22(14(2)3)18(23)24-19(4,5)6/h8,10,12,14,16H,7,9,11,13H2,1-6H3. The van der Waals surface area contributed by atoms with E-state index < -0.39 is 5.60 Å². The van der Waals surface area contributed by atoms with E-state index in [1.807, 2.05) is 40.7 Å². The van der Waals surface area contributed by atoms with Crippen LogP contribution in [0.4, 0.5) is 10.6 Å². The van der Waals surface area contributed by atoms with E-state index in [2.05, 4.69) is 22.9 Å². The molecule has 5 heteroatoms. The number of rotatable bonds is 4. The first-order valence-corrected chi connectivity index (χ1v) is 8.95. The molecule has 0 N–H and O–H groups in total. The minimum absolute atomic E-state index is 0.0232. The zero-order valence-corrected chi connectivity index (χ0v) is 15.9. The van der Waals surface area contributed by atoms with Gasteiger partial charge in [0.15, 0.2) is 0 Å². The highest BCUT2D eigenvalue weighted by atomic mass is 16.6. The van der Waals surface area contributed by atoms with Crippen molar-refractivity contribution < 1.29 is 9.53 Å². The Kier molecular flexibility index (Phi) is 5.86. The van der Waals surface area contributed by atoms with Crippen molar-refractivity contribution >= 4 is 11.9 Å². The first kappa shape index (κ1) is 18.7. The molecule has 0 aliphatic carbocycles. The van der Waals surface area contributed by atoms with Crippen LogP contribution in [0.1, 0.15) is 66.0 Å². The third-order valence-corrected chi connectivity index (χ3v) is 4.28. The first-order valence-electron chi connectivity index (χ1n) is 8.95. The molecule has 0 radical (unpaired) electrons. The van der Waals surface area contributed by atoms with Gasteiger partial charge in [-0.05, 0) is 66.6 Å². The van der Waals surface area contributed by atoms with E-state index in [0.29, 0.717) is 6.04 Å². The maximum atomic E-state index is 12.8. The van der Waals surface area contributed by atoms with E-state index in [9.17, 15) is 4.79 Å². The second-order valence-corrected chi connectivity index (χ2v) is 7.65. The van der Waals surface area contributed by atoms with Crippen LogP contribution in [0.5, 0.6) is 0 Å². The maximum absolute atomic E-state index is 12.8. The summed E-state index contributed by atoms with van der Waals surface area (Å²) < 4.78 is 5.62. The minimum atomic E-state index is -0.526. The summed E-state index contributed by atoms with van der Waals surface area (Å²) in [6.45, 7) is 13.9. The second kappa shape index (κ2) is 7.51. The van der Waals surface area contributed by atoms with Crippen LogP contribution in [0.25, 0.3) is 0 Å². The highest BCUT2D eigenvalue weighted by Gasteiger charge is 2.33. The monoisotopic (exact) mass is 333 g/mol. The van der Waals surface area contributed by atoms with Crippen molar-refractivity contribution in [2.45, 2.75) is 72.1 Å². The molecule has 0 bridgehead atoms. The number of pyridine rings is 1. The highest BCUT2D eigenvalue weighted by molar-refractivity contribution is 5.88. The summed E-state index contributed by atoms with van der Waals surface area (Å²) in [7, 11) is 0. The molecule has 1 aromatic rings. The Bertz CT molecular complexity index is 566. The van der Waals surface area contributed by atoms with Gasteiger partial charge in [-0.25, -0.2) is 9.78 Å². The van der Waals surface area contributed by atoms with E-state index in [0.717, 1.165) is 30.9 Å². The van der Waals surface area contributed by atoms with Crippen LogP contribution in [0.3, 0.4) is 0 Å². The van der Waals surface area contributed by atoms with Crippen LogP contribution >= 0.6 is 0 Å². The minimum Gasteiger partial charge on any atom is -0.443 e. The lowest BCUT2D eigenvalue weighted by Crippen LogP contribution is -2.42. The summed E-state index contributed by atoms with van der Waals surface area (Å²) >= 11 is 0. The Hall–Kier alpha value is -1.62. The molecule has 5 nitrogen and oxygen atoms in total. The summed E-state index contributed by atoms with van der Waals surface area (Å²) in [6, 6.07) is 4.35. The lowest BCUT2D eigenvalue weighted by molar-refractivity contribution is 0.0568. The van der Waals surface area contributed by atoms with Crippen LogP contribution in [0.15, 0.2) is 18.3 Å². The average molecular weight is 333 g/mol. The predicted molar refractivity (Wildman–Crippen MR) is 97.3 cm³/mol. The molecule has 0 saturated carbocycles. The van der Waals surface area contributed by atoms with Crippen LogP contribution in [0.2, 0.25) is 0 Å². The number of amides is 1. The molecule has 1 atom stereocenters. The number of carbonyl (C=O) groups is 1. The van der Waals surface area contributed by atoms with Crippen molar-refractivity contribution in [2.75, 3.05) is 18.0 Å². The molecule has 24 heavy (non-hydrogen) atoms. The van der Waals surface area contributed by atoms with Gasteiger partial charge in [-0.15, -0.1) is 0 Å². The number of carbonyl (C=O) groups excluding carboxylic acids is 1. The zero-order chi connectivity index (χ0) is 17.9. The second-order valence-electron chi connectivity index (χ2n) is 7.65. The van der Waals surface area contributed by atoms with Gasteiger partial charge in [0.05, 0.1) is 0 Å². The molecule has 0 spiro atoms. The van der Waals surface area contributed by atoms with Crippen molar-refractivity contribution in [3.05, 3.63) is 23.9 Å². The summed E-state index contributed by atoms with van der Waals surface area (Å²) in [5.74, 6) is 0.729. The Morgan fingerprint density at radius 2 is 2.17 bits per heavy atom. The number of likely N-dealkylation sites (tertiary alicyclic amines) is 1. The number of anilines is 1. The van der Waals surface area contributed by atoms with E-state index in [1.165, 1.54) is 6.42 Å². The fourth-order valence-electron chi connectivity index (χ4n) is 3.28. The molecule has 1 saturated heterocycles. The van der Waals surface area contributed by atoms with Crippen LogP contribution in [-0.4, -0.2) is 40.7 Å². The van der Waals surface area contributed by atoms with Crippen molar-refractivity contribution in [2.24, 2.45) is 0 Å². The lowest BCUT2D eigenvalue weighted by atomic mass is 10.0. The first-order chi connectivity index (χ1) is 11.2. The third kappa shape index (κ3) is 4.26. The predicted octanol–water partition coefficient (Wildman–Crippen LogP) is 4.39. The van der Waals surface area contributed by atoms with E-state index in [-0.39, 0.29) is 12.1 Å². The fraction of sp³-hybridized carbons (Fsp3) is 0.684. The van der Waals surface area contributed by atoms with Crippen LogP contribution in [-0.2, 0) is 4.74 Å². The van der Waals surface area contributed by atoms with E-state index in [1.54, 1.807) is 11.1 Å². The van der Waals surface area contributed by atoms with Gasteiger partial charge in [0, 0.05) is 23.8 Å². The molecule has 2 heterocycles. The highest BCUT2D eigenvalue weighted by Crippen LogP contribution is 2.36. The Morgan fingerprint density at radius 3 is 2.75 bits per heavy atom. The van der Waals surface area contributed by atoms with Crippen molar-refractivity contribution in [1.29, 1.82) is 0 Å². The Morgan fingerprint density at radius 1 is 1.46 bits per heavy atom. The Labute approximate surface area is 146 Å². The normalized spacial score (nSPS) is 18.9. The van der Waals surface area contributed by atoms with Gasteiger partial charge in [0.25, 0.3) is 0 Å². The van der Waals surface area contributed by atoms with Gasteiger partial charge in [-0.1, -0.05) is 13.0 Å². The van der Waals surface area contributed by atoms with Gasteiger partial charge >= 0.3 is 6.09 Å². The summed E-state index contributed by atoms with van der Waals surface area (Å²) in [4.78, 5) is 21.5. The Balaban J connectivity index is 2.39. The molecule has 1 aliphatic rings. The summed E-state index contributed by atoms with van der Waals surface area (Å²) in [6.07, 6.45) is 3.70. The van der Waals surface area contributed by atoms with Crippen LogP contribution < -0.4 is 4.90 Å². The molecule has 1 aliphatic heterocycles. The molecule has 0 aromatic carbocycles. The summed E-state index contributed by atoms with van der Waals surface area (Å²) in [5, 5.41) is 0. The van der Waals surface area contributed by atoms with Gasteiger partial charge in [0.2, 0.25) is 0 Å². The zero-order valence-electron chi connectivity index (χ0n) is 15.9. The maximum Gasteiger partial charge on any atom is 0.416 e. The quantitative estimate of drug-likeness (QED) is 0.820. The van der Waals surface area contributed by atoms with Gasteiger partial charge < -0.3 is 4.74 Å². The lowest BCUT2D eigenvalue weighted by Gasteiger charge is -2.32. The molecule has 134 valence electrons. The number of aromatic nitrogens is 1. The molecule has 1 amide bonds. The van der Waals surface area contributed by atoms with Gasteiger partial charge in [0.1, 0.15) is 11.4 Å². The van der Waals surface area contributed by atoms with Crippen molar-refractivity contribution in [3.63, 3.8) is 0 Å². The van der Waals surface area contributed by atoms with E-state index in [4.69, 9.17) is 4.74 Å². The third-order valence-electron chi connectivity index (χ3n) is 4.28. The summed E-state index contributed by atoms with van der Waals surface area (Å²) in [5.41, 5.74) is 0.596. The topological polar surface area (TPSA) is 45.7 Å². The molecule has 1 unspecified atom stereocenters. The number of nitrogens with zero attached hydrogens (tertiary/aromatic N) is 3. The molecular weight excluding hydrogens is 302 g/mol. The SMILES string of the molecule is CCN1CCCC1c1cccnc1N(C(=O)OC(C)(C)C)C(C)C. The molecule has 1 fully saturated rings. The van der Waals surface area contributed by atoms with Crippen molar-refractivity contribution in [1.82, 2.24) is 9.88 Å². The fourth-order valence-corrected chi connectivity index (χ4v) is 3.28. The number of ether oxygens (including phenoxy) is 1. The average Bonchev–Trinajstić information content (AvgIpc) is 2.94. The van der Waals surface area contributed by atoms with Crippen LogP contribution in [0, 0.1) is 0 Å².